The third-order valence-corrected chi connectivity index (χ3v) is 4.30. The first-order chi connectivity index (χ1) is 13.6. The Morgan fingerprint density at radius 2 is 1.59 bits per heavy atom. The molecule has 0 bridgehead atoms. The molecule has 29 heavy (non-hydrogen) atoms. The summed E-state index contributed by atoms with van der Waals surface area (Å²) in [5.41, 5.74) is 0.493. The number of hydrogen-bond acceptors (Lipinski definition) is 4. The first kappa shape index (κ1) is 22.1. The van der Waals surface area contributed by atoms with Gasteiger partial charge in [-0.3, -0.25) is 19.3 Å². The molecule has 154 valence electrons. The third kappa shape index (κ3) is 5.64. The van der Waals surface area contributed by atoms with Crippen LogP contribution in [0.5, 0.6) is 0 Å². The standard InChI is InChI=1S/C20H20F3N3O3/c1-11(20(29)24-14-6-4-13(5-7-14)12(2)27)26(3)10-17(28)25-16-9-8-15(21)18(22)19(16)23/h4-9,11H,10H2,1-3H3,(H,24,29)(H,25,28)/t11-/m1/s1. The topological polar surface area (TPSA) is 78.5 Å². The molecule has 0 heterocycles. The lowest BCUT2D eigenvalue weighted by Gasteiger charge is -2.23. The zero-order valence-electron chi connectivity index (χ0n) is 16.1. The van der Waals surface area contributed by atoms with Crippen molar-refractivity contribution in [2.75, 3.05) is 24.2 Å². The highest BCUT2D eigenvalue weighted by atomic mass is 19.2. The van der Waals surface area contributed by atoms with Gasteiger partial charge >= 0.3 is 0 Å². The minimum atomic E-state index is -1.68. The van der Waals surface area contributed by atoms with Crippen molar-refractivity contribution in [3.63, 3.8) is 0 Å². The number of carbonyl (C=O) groups excluding carboxylic acids is 3. The predicted octanol–water partition coefficient (Wildman–Crippen LogP) is 3.20. The molecule has 0 aromatic heterocycles. The minimum Gasteiger partial charge on any atom is -0.325 e. The lowest BCUT2D eigenvalue weighted by molar-refractivity contribution is -0.122. The molecule has 2 rings (SSSR count). The summed E-state index contributed by atoms with van der Waals surface area (Å²) >= 11 is 0. The highest BCUT2D eigenvalue weighted by Crippen LogP contribution is 2.19. The maximum atomic E-state index is 13.6. The van der Waals surface area contributed by atoms with Gasteiger partial charge in [0.15, 0.2) is 23.2 Å². The van der Waals surface area contributed by atoms with Crippen LogP contribution in [0, 0.1) is 17.5 Å². The van der Waals surface area contributed by atoms with Crippen LogP contribution in [0.1, 0.15) is 24.2 Å². The summed E-state index contributed by atoms with van der Waals surface area (Å²) in [6, 6.07) is 7.20. The number of nitrogens with zero attached hydrogens (tertiary/aromatic N) is 1. The van der Waals surface area contributed by atoms with E-state index in [1.54, 1.807) is 31.2 Å². The first-order valence-corrected chi connectivity index (χ1v) is 8.65. The summed E-state index contributed by atoms with van der Waals surface area (Å²) in [5.74, 6) is -5.75. The van der Waals surface area contributed by atoms with Gasteiger partial charge in [-0.25, -0.2) is 13.2 Å². The van der Waals surface area contributed by atoms with E-state index >= 15 is 0 Å². The fourth-order valence-corrected chi connectivity index (χ4v) is 2.41. The molecule has 0 radical (unpaired) electrons. The van der Waals surface area contributed by atoms with Crippen LogP contribution in [0.4, 0.5) is 24.5 Å². The molecule has 2 amide bonds. The Balaban J connectivity index is 1.94. The van der Waals surface area contributed by atoms with Crippen LogP contribution in [-0.2, 0) is 9.59 Å². The summed E-state index contributed by atoms with van der Waals surface area (Å²) in [4.78, 5) is 37.1. The summed E-state index contributed by atoms with van der Waals surface area (Å²) in [6.45, 7) is 2.70. The molecule has 0 spiro atoms. The van der Waals surface area contributed by atoms with E-state index in [-0.39, 0.29) is 12.3 Å². The highest BCUT2D eigenvalue weighted by molar-refractivity contribution is 5.97. The number of amides is 2. The second-order valence-corrected chi connectivity index (χ2v) is 6.48. The number of nitrogens with one attached hydrogen (secondary N) is 2. The maximum absolute atomic E-state index is 13.6. The molecule has 0 aliphatic heterocycles. The normalized spacial score (nSPS) is 11.8. The number of rotatable bonds is 7. The molecular formula is C20H20F3N3O3. The number of likely N-dealkylation sites (N-methyl/N-ethyl adjacent to an activating group) is 1. The highest BCUT2D eigenvalue weighted by Gasteiger charge is 2.21. The largest absolute Gasteiger partial charge is 0.325 e. The van der Waals surface area contributed by atoms with Crippen LogP contribution >= 0.6 is 0 Å². The van der Waals surface area contributed by atoms with Crippen molar-refractivity contribution in [2.45, 2.75) is 19.9 Å². The molecule has 0 aliphatic rings. The first-order valence-electron chi connectivity index (χ1n) is 8.65. The zero-order chi connectivity index (χ0) is 21.7. The molecule has 0 aliphatic carbocycles. The second-order valence-electron chi connectivity index (χ2n) is 6.48. The Hall–Kier alpha value is -3.20. The van der Waals surface area contributed by atoms with Gasteiger partial charge in [0.05, 0.1) is 18.3 Å². The summed E-state index contributed by atoms with van der Waals surface area (Å²) in [5, 5.41) is 4.80. The second kappa shape index (κ2) is 9.33. The van der Waals surface area contributed by atoms with Crippen molar-refractivity contribution in [1.29, 1.82) is 0 Å². The fourth-order valence-electron chi connectivity index (χ4n) is 2.41. The fraction of sp³-hybridized carbons (Fsp3) is 0.250. The van der Waals surface area contributed by atoms with Crippen LogP contribution in [0.25, 0.3) is 0 Å². The minimum absolute atomic E-state index is 0.0977. The quantitative estimate of drug-likeness (QED) is 0.546. The SMILES string of the molecule is CC(=O)c1ccc(NC(=O)[C@@H](C)N(C)CC(=O)Nc2ccc(F)c(F)c2F)cc1. The van der Waals surface area contributed by atoms with Gasteiger partial charge in [-0.05, 0) is 57.3 Å². The van der Waals surface area contributed by atoms with Gasteiger partial charge in [0.2, 0.25) is 11.8 Å². The van der Waals surface area contributed by atoms with Gasteiger partial charge in [-0.1, -0.05) is 0 Å². The number of halogens is 3. The molecule has 0 saturated heterocycles. The summed E-state index contributed by atoms with van der Waals surface area (Å²) < 4.78 is 39.8. The van der Waals surface area contributed by atoms with Crippen molar-refractivity contribution in [3.8, 4) is 0 Å². The number of benzene rings is 2. The van der Waals surface area contributed by atoms with Crippen LogP contribution in [-0.4, -0.2) is 42.1 Å². The summed E-state index contributed by atoms with van der Waals surface area (Å²) in [7, 11) is 1.50. The number of ketones is 1. The number of hydrogen-bond donors (Lipinski definition) is 2. The van der Waals surface area contributed by atoms with Gasteiger partial charge < -0.3 is 10.6 Å². The Morgan fingerprint density at radius 1 is 0.966 bits per heavy atom. The molecule has 6 nitrogen and oxygen atoms in total. The van der Waals surface area contributed by atoms with Crippen molar-refractivity contribution in [2.24, 2.45) is 0 Å². The van der Waals surface area contributed by atoms with E-state index in [0.29, 0.717) is 17.3 Å². The van der Waals surface area contributed by atoms with Gasteiger partial charge in [0, 0.05) is 11.3 Å². The molecule has 9 heteroatoms. The summed E-state index contributed by atoms with van der Waals surface area (Å²) in [6.07, 6.45) is 0. The van der Waals surface area contributed by atoms with Crippen LogP contribution in [0.3, 0.4) is 0 Å². The Kier molecular flexibility index (Phi) is 7.11. The monoisotopic (exact) mass is 407 g/mol. The van der Waals surface area contributed by atoms with E-state index < -0.39 is 41.0 Å². The van der Waals surface area contributed by atoms with Gasteiger partial charge in [-0.15, -0.1) is 0 Å². The predicted molar refractivity (Wildman–Crippen MR) is 102 cm³/mol. The van der Waals surface area contributed by atoms with E-state index in [9.17, 15) is 27.6 Å². The van der Waals surface area contributed by atoms with Gasteiger partial charge in [0.1, 0.15) is 0 Å². The number of anilines is 2. The maximum Gasteiger partial charge on any atom is 0.241 e. The molecule has 2 aromatic rings. The lowest BCUT2D eigenvalue weighted by Crippen LogP contribution is -2.43. The number of Topliss-reactive ketones (excluding diaryl/α,β-unsaturated/α-hetero) is 1. The molecular weight excluding hydrogens is 387 g/mol. The average molecular weight is 407 g/mol. The third-order valence-electron chi connectivity index (χ3n) is 4.30. The molecule has 2 aromatic carbocycles. The van der Waals surface area contributed by atoms with Gasteiger partial charge in [-0.2, -0.15) is 0 Å². The average Bonchev–Trinajstić information content (AvgIpc) is 2.68. The van der Waals surface area contributed by atoms with E-state index in [1.165, 1.54) is 18.9 Å². The van der Waals surface area contributed by atoms with E-state index in [1.807, 2.05) is 0 Å². The van der Waals surface area contributed by atoms with Crippen LogP contribution in [0.15, 0.2) is 36.4 Å². The molecule has 0 saturated carbocycles. The lowest BCUT2D eigenvalue weighted by atomic mass is 10.1. The molecule has 2 N–H and O–H groups in total. The van der Waals surface area contributed by atoms with E-state index in [4.69, 9.17) is 0 Å². The Morgan fingerprint density at radius 3 is 2.17 bits per heavy atom. The number of carbonyl (C=O) groups is 3. The molecule has 0 unspecified atom stereocenters. The van der Waals surface area contributed by atoms with Crippen molar-refractivity contribution in [1.82, 2.24) is 4.90 Å². The van der Waals surface area contributed by atoms with Crippen molar-refractivity contribution < 1.29 is 27.6 Å². The molecule has 0 fully saturated rings. The Labute approximate surface area is 165 Å². The van der Waals surface area contributed by atoms with Crippen LogP contribution in [0.2, 0.25) is 0 Å². The Bertz CT molecular complexity index is 933. The van der Waals surface area contributed by atoms with E-state index in [0.717, 1.165) is 6.07 Å². The van der Waals surface area contributed by atoms with Crippen molar-refractivity contribution in [3.05, 3.63) is 59.4 Å². The van der Waals surface area contributed by atoms with Crippen LogP contribution < -0.4 is 10.6 Å². The van der Waals surface area contributed by atoms with E-state index in [2.05, 4.69) is 10.6 Å². The zero-order valence-corrected chi connectivity index (χ0v) is 16.1. The smallest absolute Gasteiger partial charge is 0.241 e. The van der Waals surface area contributed by atoms with Crippen molar-refractivity contribution >= 4 is 29.0 Å². The van der Waals surface area contributed by atoms with Gasteiger partial charge in [0.25, 0.3) is 0 Å². The molecule has 1 atom stereocenters.